The number of halogens is 2. The molecule has 2 N–H and O–H groups in total. The van der Waals surface area contributed by atoms with Crippen LogP contribution in [0.25, 0.3) is 11.3 Å². The number of fused-ring (bicyclic) bond motifs is 3. The lowest BCUT2D eigenvalue weighted by Crippen LogP contribution is -2.33. The van der Waals surface area contributed by atoms with E-state index >= 15 is 0 Å². The highest BCUT2D eigenvalue weighted by Gasteiger charge is 2.28. The summed E-state index contributed by atoms with van der Waals surface area (Å²) in [6.45, 7) is 0.452. The van der Waals surface area contributed by atoms with Crippen molar-refractivity contribution in [2.75, 3.05) is 11.9 Å². The van der Waals surface area contributed by atoms with E-state index in [9.17, 15) is 4.79 Å². The average Bonchev–Trinajstić information content (AvgIpc) is 3.18. The minimum Gasteiger partial charge on any atom is -0.335 e. The molecule has 2 aromatic carbocycles. The van der Waals surface area contributed by atoms with Gasteiger partial charge in [0.05, 0.1) is 34.3 Å². The van der Waals surface area contributed by atoms with Crippen molar-refractivity contribution in [3.8, 4) is 11.3 Å². The zero-order chi connectivity index (χ0) is 17.4. The third kappa shape index (κ3) is 2.97. The number of aromatic nitrogens is 2. The Morgan fingerprint density at radius 2 is 2.00 bits per heavy atom. The molecule has 0 saturated heterocycles. The quantitative estimate of drug-likeness (QED) is 0.706. The number of nitrogens with zero attached hydrogens (tertiary/aromatic N) is 2. The highest BCUT2D eigenvalue weighted by atomic mass is 35.5. The summed E-state index contributed by atoms with van der Waals surface area (Å²) in [4.78, 5) is 16.4. The summed E-state index contributed by atoms with van der Waals surface area (Å²) in [5.41, 5.74) is 3.97. The van der Waals surface area contributed by atoms with Crippen LogP contribution >= 0.6 is 23.2 Å². The van der Waals surface area contributed by atoms with Crippen LogP contribution in [0.1, 0.15) is 11.6 Å². The third-order valence-corrected chi connectivity index (χ3v) is 4.97. The van der Waals surface area contributed by atoms with Gasteiger partial charge < -0.3 is 15.2 Å². The molecule has 0 spiro atoms. The minimum atomic E-state index is -0.301. The molecule has 2 heterocycles. The normalized spacial score (nSPS) is 14.7. The van der Waals surface area contributed by atoms with Gasteiger partial charge in [0, 0.05) is 17.8 Å². The summed E-state index contributed by atoms with van der Waals surface area (Å²) in [7, 11) is 0. The molecule has 1 unspecified atom stereocenters. The third-order valence-electron chi connectivity index (χ3n) is 4.23. The molecular formula is C18H14Cl2N4O. The van der Waals surface area contributed by atoms with Gasteiger partial charge in [0.1, 0.15) is 0 Å². The Hall–Kier alpha value is -2.50. The Labute approximate surface area is 154 Å². The lowest BCUT2D eigenvalue weighted by molar-refractivity contribution is 0.251. The minimum absolute atomic E-state index is 0.0215. The summed E-state index contributed by atoms with van der Waals surface area (Å²) in [5, 5.41) is 6.50. The van der Waals surface area contributed by atoms with Crippen molar-refractivity contribution in [1.29, 1.82) is 0 Å². The van der Waals surface area contributed by atoms with Crippen LogP contribution in [0.4, 0.5) is 10.5 Å². The number of amides is 2. The molecule has 25 heavy (non-hydrogen) atoms. The molecule has 1 aliphatic rings. The monoisotopic (exact) mass is 372 g/mol. The van der Waals surface area contributed by atoms with E-state index in [1.807, 2.05) is 18.3 Å². The van der Waals surface area contributed by atoms with Gasteiger partial charge in [-0.25, -0.2) is 9.78 Å². The number of carbonyl (C=O) groups is 1. The van der Waals surface area contributed by atoms with Crippen LogP contribution in [0.3, 0.4) is 0 Å². The smallest absolute Gasteiger partial charge is 0.319 e. The Morgan fingerprint density at radius 3 is 2.84 bits per heavy atom. The van der Waals surface area contributed by atoms with Crippen molar-refractivity contribution in [2.24, 2.45) is 0 Å². The number of hydrogen-bond acceptors (Lipinski definition) is 2. The average molecular weight is 373 g/mol. The van der Waals surface area contributed by atoms with Gasteiger partial charge in [0.25, 0.3) is 0 Å². The van der Waals surface area contributed by atoms with Crippen LogP contribution in [0, 0.1) is 0 Å². The number of hydrogen-bond donors (Lipinski definition) is 2. The predicted octanol–water partition coefficient (Wildman–Crippen LogP) is 4.58. The molecule has 0 fully saturated rings. The van der Waals surface area contributed by atoms with Gasteiger partial charge in [-0.3, -0.25) is 0 Å². The summed E-state index contributed by atoms with van der Waals surface area (Å²) >= 11 is 11.8. The number of rotatable bonds is 3. The van der Waals surface area contributed by atoms with Gasteiger partial charge in [0.15, 0.2) is 0 Å². The highest BCUT2D eigenvalue weighted by Crippen LogP contribution is 2.38. The van der Waals surface area contributed by atoms with Crippen LogP contribution in [-0.2, 0) is 0 Å². The van der Waals surface area contributed by atoms with E-state index in [1.165, 1.54) is 5.56 Å². The van der Waals surface area contributed by atoms with E-state index in [2.05, 4.69) is 32.3 Å². The van der Waals surface area contributed by atoms with Crippen molar-refractivity contribution < 1.29 is 4.79 Å². The first-order valence-corrected chi connectivity index (χ1v) is 8.50. The van der Waals surface area contributed by atoms with E-state index in [4.69, 9.17) is 23.2 Å². The number of carbonyl (C=O) groups excluding carboxylic acids is 1. The van der Waals surface area contributed by atoms with E-state index in [-0.39, 0.29) is 12.1 Å². The maximum absolute atomic E-state index is 12.2. The summed E-state index contributed by atoms with van der Waals surface area (Å²) in [5.74, 6) is 0. The summed E-state index contributed by atoms with van der Waals surface area (Å²) < 4.78 is 2.07. The molecule has 1 aromatic heterocycles. The van der Waals surface area contributed by atoms with Crippen molar-refractivity contribution >= 4 is 34.9 Å². The second kappa shape index (κ2) is 6.43. The van der Waals surface area contributed by atoms with Crippen LogP contribution < -0.4 is 10.6 Å². The van der Waals surface area contributed by atoms with Gasteiger partial charge in [0.2, 0.25) is 0 Å². The molecule has 126 valence electrons. The van der Waals surface area contributed by atoms with Gasteiger partial charge >= 0.3 is 6.03 Å². The SMILES string of the molecule is O=C(NCC1c2ccccc2-c2cncn21)Nc1ccc(Cl)c(Cl)c1. The molecule has 4 rings (SSSR count). The zero-order valence-corrected chi connectivity index (χ0v) is 14.6. The number of nitrogens with one attached hydrogen (secondary N) is 2. The first-order valence-electron chi connectivity index (χ1n) is 7.74. The second-order valence-electron chi connectivity index (χ2n) is 5.75. The Balaban J connectivity index is 1.46. The van der Waals surface area contributed by atoms with E-state index in [0.29, 0.717) is 22.3 Å². The number of benzene rings is 2. The van der Waals surface area contributed by atoms with Gasteiger partial charge in [-0.2, -0.15) is 0 Å². The number of anilines is 1. The molecular weight excluding hydrogens is 359 g/mol. The van der Waals surface area contributed by atoms with Crippen LogP contribution in [-0.4, -0.2) is 22.1 Å². The Bertz CT molecular complexity index is 954. The summed E-state index contributed by atoms with van der Waals surface area (Å²) in [6.07, 6.45) is 3.63. The predicted molar refractivity (Wildman–Crippen MR) is 99.3 cm³/mol. The fraction of sp³-hybridized carbons (Fsp3) is 0.111. The molecule has 0 saturated carbocycles. The van der Waals surface area contributed by atoms with Crippen LogP contribution in [0.15, 0.2) is 55.0 Å². The van der Waals surface area contributed by atoms with E-state index < -0.39 is 0 Å². The molecule has 3 aromatic rings. The Morgan fingerprint density at radius 1 is 1.16 bits per heavy atom. The first kappa shape index (κ1) is 16.0. The highest BCUT2D eigenvalue weighted by molar-refractivity contribution is 6.42. The van der Waals surface area contributed by atoms with Crippen LogP contribution in [0.5, 0.6) is 0 Å². The summed E-state index contributed by atoms with van der Waals surface area (Å²) in [6, 6.07) is 12.8. The number of urea groups is 1. The molecule has 7 heteroatoms. The molecule has 1 aliphatic heterocycles. The molecule has 5 nitrogen and oxygen atoms in total. The lowest BCUT2D eigenvalue weighted by atomic mass is 10.0. The lowest BCUT2D eigenvalue weighted by Gasteiger charge is -2.16. The van der Waals surface area contributed by atoms with Crippen LogP contribution in [0.2, 0.25) is 10.0 Å². The van der Waals surface area contributed by atoms with Crippen molar-refractivity contribution in [3.63, 3.8) is 0 Å². The molecule has 2 amide bonds. The zero-order valence-electron chi connectivity index (χ0n) is 13.0. The van der Waals surface area contributed by atoms with Gasteiger partial charge in [-0.15, -0.1) is 0 Å². The van der Waals surface area contributed by atoms with E-state index in [1.54, 1.807) is 24.5 Å². The maximum atomic E-state index is 12.2. The van der Waals surface area contributed by atoms with Gasteiger partial charge in [-0.1, -0.05) is 47.5 Å². The molecule has 0 radical (unpaired) electrons. The topological polar surface area (TPSA) is 59.0 Å². The number of imidazole rings is 1. The van der Waals surface area contributed by atoms with Crippen molar-refractivity contribution in [1.82, 2.24) is 14.9 Å². The fourth-order valence-corrected chi connectivity index (χ4v) is 3.38. The Kier molecular flexibility index (Phi) is 4.11. The first-order chi connectivity index (χ1) is 12.1. The van der Waals surface area contributed by atoms with Gasteiger partial charge in [-0.05, 0) is 23.8 Å². The molecule has 0 aliphatic carbocycles. The molecule has 0 bridgehead atoms. The fourth-order valence-electron chi connectivity index (χ4n) is 3.08. The van der Waals surface area contributed by atoms with Crippen molar-refractivity contribution in [2.45, 2.75) is 6.04 Å². The van der Waals surface area contributed by atoms with Crippen molar-refractivity contribution in [3.05, 3.63) is 70.6 Å². The molecule has 1 atom stereocenters. The largest absolute Gasteiger partial charge is 0.335 e. The maximum Gasteiger partial charge on any atom is 0.319 e. The standard InChI is InChI=1S/C18H14Cl2N4O/c19-14-6-5-11(7-15(14)20)23-18(25)22-9-17-13-4-2-1-3-12(13)16-8-21-10-24(16)17/h1-8,10,17H,9H2,(H2,22,23,25). The van der Waals surface area contributed by atoms with E-state index in [0.717, 1.165) is 11.3 Å². The second-order valence-corrected chi connectivity index (χ2v) is 6.57.